The first kappa shape index (κ1) is 8.18. The minimum absolute atomic E-state index is 0.140. The summed E-state index contributed by atoms with van der Waals surface area (Å²) in [5.74, 6) is 0. The lowest BCUT2D eigenvalue weighted by atomic mass is 10.2. The van der Waals surface area contributed by atoms with Crippen molar-refractivity contribution in [1.82, 2.24) is 0 Å². The van der Waals surface area contributed by atoms with Crippen molar-refractivity contribution in [1.29, 1.82) is 0 Å². The second kappa shape index (κ2) is 4.06. The van der Waals surface area contributed by atoms with E-state index in [1.807, 2.05) is 0 Å². The highest BCUT2D eigenvalue weighted by Crippen LogP contribution is 2.43. The fourth-order valence-electron chi connectivity index (χ4n) is 0.871. The summed E-state index contributed by atoms with van der Waals surface area (Å²) in [6.45, 7) is 2.27. The summed E-state index contributed by atoms with van der Waals surface area (Å²) in [5, 5.41) is 0. The lowest BCUT2D eigenvalue weighted by Crippen LogP contribution is -1.76. The molecule has 0 aliphatic heterocycles. The Balaban J connectivity index is 2.59. The first-order valence-electron chi connectivity index (χ1n) is 3.29. The van der Waals surface area contributed by atoms with Crippen LogP contribution in [0, 0.1) is 0 Å². The average Bonchev–Trinajstić information content (AvgIpc) is 1.88. The molecule has 0 aromatic heterocycles. The van der Waals surface area contributed by atoms with Crippen LogP contribution in [0.4, 0.5) is 0 Å². The summed E-state index contributed by atoms with van der Waals surface area (Å²) in [6.07, 6.45) is 1.22. The Kier molecular flexibility index (Phi) is 3.32. The molecule has 1 rings (SSSR count). The number of hydrogen-bond donors (Lipinski definition) is 0. The molecule has 2 heteroatoms. The van der Waals surface area contributed by atoms with E-state index >= 15 is 0 Å². The van der Waals surface area contributed by atoms with Crippen molar-refractivity contribution in [3.8, 4) is 0 Å². The van der Waals surface area contributed by atoms with Crippen LogP contribution in [0.1, 0.15) is 5.56 Å². The number of rotatable bonds is 2. The molecule has 1 aromatic carbocycles. The minimum atomic E-state index is 0.140. The molecule has 0 nitrogen and oxygen atoms in total. The quantitative estimate of drug-likeness (QED) is 0.598. The van der Waals surface area contributed by atoms with Gasteiger partial charge in [-0.25, -0.2) is 0 Å². The zero-order valence-electron chi connectivity index (χ0n) is 6.12. The molecule has 1 aromatic rings. The molecule has 0 spiro atoms. The van der Waals surface area contributed by atoms with Gasteiger partial charge in [0.05, 0.1) is 0 Å². The molecule has 0 saturated heterocycles. The Bertz CT molecular complexity index is 182. The van der Waals surface area contributed by atoms with Gasteiger partial charge in [0.25, 0.3) is 0 Å². The third-order valence-electron chi connectivity index (χ3n) is 1.27. The highest BCUT2D eigenvalue weighted by Gasteiger charge is 1.93. The van der Waals surface area contributed by atoms with E-state index in [0.29, 0.717) is 0 Å². The third kappa shape index (κ3) is 2.78. The Morgan fingerprint density at radius 1 is 1.30 bits per heavy atom. The van der Waals surface area contributed by atoms with Gasteiger partial charge in [0.1, 0.15) is 0 Å². The van der Waals surface area contributed by atoms with Crippen molar-refractivity contribution in [3.05, 3.63) is 35.9 Å². The van der Waals surface area contributed by atoms with Crippen LogP contribution >= 0.6 is 16.5 Å². The van der Waals surface area contributed by atoms with Gasteiger partial charge in [-0.2, -0.15) is 0 Å². The van der Waals surface area contributed by atoms with E-state index in [0.717, 1.165) is 0 Å². The predicted octanol–water partition coefficient (Wildman–Crippen LogP) is 3.09. The van der Waals surface area contributed by atoms with E-state index in [-0.39, 0.29) is 7.61 Å². The van der Waals surface area contributed by atoms with Crippen LogP contribution < -0.4 is 0 Å². The lowest BCUT2D eigenvalue weighted by molar-refractivity contribution is 1.41. The van der Waals surface area contributed by atoms with E-state index in [2.05, 4.69) is 45.9 Å². The van der Waals surface area contributed by atoms with Crippen molar-refractivity contribution in [2.75, 3.05) is 6.66 Å². The lowest BCUT2D eigenvalue weighted by Gasteiger charge is -2.03. The molecule has 0 N–H and O–H groups in total. The number of benzene rings is 1. The van der Waals surface area contributed by atoms with Crippen molar-refractivity contribution >= 4 is 16.5 Å². The minimum Gasteiger partial charge on any atom is -0.111 e. The van der Waals surface area contributed by atoms with Crippen molar-refractivity contribution < 1.29 is 0 Å². The van der Waals surface area contributed by atoms with Crippen LogP contribution in [-0.2, 0) is 6.16 Å². The largest absolute Gasteiger partial charge is 0.111 e. The molecule has 0 aliphatic rings. The van der Waals surface area contributed by atoms with Gasteiger partial charge in [-0.05, 0) is 18.4 Å². The van der Waals surface area contributed by atoms with E-state index in [1.165, 1.54) is 11.7 Å². The molecule has 10 heavy (non-hydrogen) atoms. The molecule has 0 bridgehead atoms. The Labute approximate surface area is 65.9 Å². The van der Waals surface area contributed by atoms with Gasteiger partial charge in [-0.15, -0.1) is 8.93 Å². The molecular weight excluding hydrogens is 158 g/mol. The summed E-state index contributed by atoms with van der Waals surface area (Å²) < 4.78 is 0. The molecule has 2 unspecified atom stereocenters. The monoisotopic (exact) mass is 170 g/mol. The Hall–Kier alpha value is 0.0800. The molecule has 0 radical (unpaired) electrons. The maximum Gasteiger partial charge on any atom is -0.00414 e. The van der Waals surface area contributed by atoms with Crippen LogP contribution in [0.2, 0.25) is 0 Å². The smallest absolute Gasteiger partial charge is 0.00414 e. The summed E-state index contributed by atoms with van der Waals surface area (Å²) in [5.41, 5.74) is 1.45. The van der Waals surface area contributed by atoms with Crippen molar-refractivity contribution in [3.63, 3.8) is 0 Å². The fourth-order valence-corrected chi connectivity index (χ4v) is 2.29. The summed E-state index contributed by atoms with van der Waals surface area (Å²) in [6, 6.07) is 10.6. The van der Waals surface area contributed by atoms with Gasteiger partial charge >= 0.3 is 0 Å². The van der Waals surface area contributed by atoms with Gasteiger partial charge in [-0.3, -0.25) is 0 Å². The van der Waals surface area contributed by atoms with Gasteiger partial charge in [0.2, 0.25) is 0 Å². The normalized spacial score (nSPS) is 13.0. The Morgan fingerprint density at radius 2 is 1.90 bits per heavy atom. The van der Waals surface area contributed by atoms with E-state index in [1.54, 1.807) is 0 Å². The molecule has 2 atom stereocenters. The fraction of sp³-hybridized carbons (Fsp3) is 0.250. The predicted molar refractivity (Wildman–Crippen MR) is 52.7 cm³/mol. The summed E-state index contributed by atoms with van der Waals surface area (Å²) in [7, 11) is 3.01. The Morgan fingerprint density at radius 3 is 2.40 bits per heavy atom. The highest BCUT2D eigenvalue weighted by molar-refractivity contribution is 8.12. The van der Waals surface area contributed by atoms with Crippen LogP contribution in [0.5, 0.6) is 0 Å². The van der Waals surface area contributed by atoms with E-state index in [4.69, 9.17) is 0 Å². The van der Waals surface area contributed by atoms with Crippen LogP contribution in [0.3, 0.4) is 0 Å². The van der Waals surface area contributed by atoms with Crippen LogP contribution in [0.25, 0.3) is 0 Å². The zero-order valence-corrected chi connectivity index (χ0v) is 8.17. The maximum absolute atomic E-state index is 2.87. The molecule has 0 fully saturated rings. The number of hydrogen-bond acceptors (Lipinski definition) is 0. The second-order valence-corrected chi connectivity index (χ2v) is 6.88. The van der Waals surface area contributed by atoms with Gasteiger partial charge < -0.3 is 0 Å². The maximum atomic E-state index is 2.87. The molecular formula is C8H12P2. The molecule has 0 heterocycles. The zero-order chi connectivity index (χ0) is 7.40. The standard InChI is InChI=1S/C8H12P2/c1-10(9)7-8-5-3-2-4-6-8/h2-6H,7,9H2,1H3. The molecule has 54 valence electrons. The first-order valence-corrected chi connectivity index (χ1v) is 6.88. The SMILES string of the molecule is CP(P)Cc1ccccc1. The van der Waals surface area contributed by atoms with Crippen LogP contribution in [-0.4, -0.2) is 6.66 Å². The van der Waals surface area contributed by atoms with Gasteiger partial charge in [0.15, 0.2) is 0 Å². The van der Waals surface area contributed by atoms with E-state index < -0.39 is 0 Å². The van der Waals surface area contributed by atoms with Gasteiger partial charge in [0, 0.05) is 0 Å². The molecule has 0 saturated carbocycles. The first-order chi connectivity index (χ1) is 4.79. The van der Waals surface area contributed by atoms with Crippen LogP contribution in [0.15, 0.2) is 30.3 Å². The average molecular weight is 170 g/mol. The van der Waals surface area contributed by atoms with Gasteiger partial charge in [-0.1, -0.05) is 37.9 Å². The van der Waals surface area contributed by atoms with Crippen molar-refractivity contribution in [2.45, 2.75) is 6.16 Å². The third-order valence-corrected chi connectivity index (χ3v) is 2.69. The second-order valence-electron chi connectivity index (χ2n) is 2.40. The molecule has 0 aliphatic carbocycles. The van der Waals surface area contributed by atoms with E-state index in [9.17, 15) is 0 Å². The highest BCUT2D eigenvalue weighted by atomic mass is 32.0. The summed E-state index contributed by atoms with van der Waals surface area (Å²) in [4.78, 5) is 0. The summed E-state index contributed by atoms with van der Waals surface area (Å²) >= 11 is 0. The van der Waals surface area contributed by atoms with Crippen molar-refractivity contribution in [2.24, 2.45) is 0 Å². The molecule has 0 amide bonds. The topological polar surface area (TPSA) is 0 Å².